The van der Waals surface area contributed by atoms with E-state index in [0.29, 0.717) is 5.71 Å². The van der Waals surface area contributed by atoms with Crippen LogP contribution in [-0.2, 0) is 14.9 Å². The second-order valence-corrected chi connectivity index (χ2v) is 6.13. The molecule has 0 saturated heterocycles. The average molecular weight is 323 g/mol. The summed E-state index contributed by atoms with van der Waals surface area (Å²) in [7, 11) is -4.56. The zero-order valence-electron chi connectivity index (χ0n) is 9.59. The molecular weight excluding hydrogens is 315 g/mol. The van der Waals surface area contributed by atoms with Crippen molar-refractivity contribution in [2.24, 2.45) is 5.10 Å². The lowest BCUT2D eigenvalue weighted by Gasteiger charge is -2.15. The van der Waals surface area contributed by atoms with Crippen LogP contribution in [0.15, 0.2) is 22.1 Å². The highest BCUT2D eigenvalue weighted by molar-refractivity contribution is 7.86. The predicted molar refractivity (Wildman–Crippen MR) is 71.5 cm³/mol. The summed E-state index contributed by atoms with van der Waals surface area (Å²) in [6, 6.07) is 2.15. The molecule has 0 bridgehead atoms. The molecule has 19 heavy (non-hydrogen) atoms. The van der Waals surface area contributed by atoms with Crippen LogP contribution >= 0.6 is 23.2 Å². The minimum Gasteiger partial charge on any atom is -0.282 e. The molecule has 1 aliphatic heterocycles. The standard InChI is InChI=1S/C10H8Cl2N2O4S/c1-5-2-10(15)14(13-5)8-3-6(11)7(12)4-9(8)19(16,17)18/h3-4H,2H2,1H3,(H,16,17,18). The van der Waals surface area contributed by atoms with E-state index in [2.05, 4.69) is 5.10 Å². The summed E-state index contributed by atoms with van der Waals surface area (Å²) in [6.45, 7) is 1.63. The van der Waals surface area contributed by atoms with Crippen molar-refractivity contribution in [1.82, 2.24) is 0 Å². The molecule has 1 aromatic carbocycles. The Morgan fingerprint density at radius 2 is 1.89 bits per heavy atom. The number of hydrazone groups is 1. The molecule has 1 aliphatic rings. The third-order valence-corrected chi connectivity index (χ3v) is 4.03. The summed E-state index contributed by atoms with van der Waals surface area (Å²) in [5.74, 6) is -0.416. The normalized spacial score (nSPS) is 15.9. The number of carbonyl (C=O) groups excluding carboxylic acids is 1. The van der Waals surface area contributed by atoms with Crippen LogP contribution in [0.1, 0.15) is 13.3 Å². The Morgan fingerprint density at radius 1 is 1.32 bits per heavy atom. The fraction of sp³-hybridized carbons (Fsp3) is 0.200. The van der Waals surface area contributed by atoms with Crippen molar-refractivity contribution in [2.45, 2.75) is 18.2 Å². The van der Waals surface area contributed by atoms with Crippen molar-refractivity contribution in [3.05, 3.63) is 22.2 Å². The summed E-state index contributed by atoms with van der Waals surface area (Å²) in [5.41, 5.74) is 0.399. The molecule has 0 unspecified atom stereocenters. The third-order valence-electron chi connectivity index (χ3n) is 2.42. The number of hydrogen-bond acceptors (Lipinski definition) is 4. The molecule has 6 nitrogen and oxygen atoms in total. The zero-order chi connectivity index (χ0) is 14.4. The summed E-state index contributed by atoms with van der Waals surface area (Å²) in [4.78, 5) is 11.2. The Kier molecular flexibility index (Phi) is 3.57. The topological polar surface area (TPSA) is 87.0 Å². The number of halogens is 2. The SMILES string of the molecule is CC1=NN(c2cc(Cl)c(Cl)cc2S(=O)(=O)O)C(=O)C1. The Hall–Kier alpha value is -1.15. The number of benzene rings is 1. The first-order chi connectivity index (χ1) is 8.70. The van der Waals surface area contributed by atoms with Crippen molar-refractivity contribution < 1.29 is 17.8 Å². The van der Waals surface area contributed by atoms with Gasteiger partial charge in [0.15, 0.2) is 0 Å². The molecule has 102 valence electrons. The van der Waals surface area contributed by atoms with Crippen LogP contribution in [0, 0.1) is 0 Å². The van der Waals surface area contributed by atoms with Crippen LogP contribution in [0.4, 0.5) is 5.69 Å². The van der Waals surface area contributed by atoms with E-state index in [1.54, 1.807) is 6.92 Å². The molecule has 0 fully saturated rings. The van der Waals surface area contributed by atoms with Gasteiger partial charge in [0, 0.05) is 5.71 Å². The van der Waals surface area contributed by atoms with Crippen molar-refractivity contribution in [1.29, 1.82) is 0 Å². The Balaban J connectivity index is 2.69. The molecule has 1 aromatic rings. The smallest absolute Gasteiger partial charge is 0.282 e. The number of rotatable bonds is 2. The molecule has 1 heterocycles. The molecule has 1 amide bonds. The molecule has 0 spiro atoms. The number of hydrogen-bond donors (Lipinski definition) is 1. The van der Waals surface area contributed by atoms with Crippen molar-refractivity contribution >= 4 is 50.6 Å². The maximum atomic E-state index is 11.7. The highest BCUT2D eigenvalue weighted by atomic mass is 35.5. The van der Waals surface area contributed by atoms with Crippen LogP contribution in [-0.4, -0.2) is 24.6 Å². The molecule has 0 atom stereocenters. The number of nitrogens with zero attached hydrogens (tertiary/aromatic N) is 2. The number of amides is 1. The van der Waals surface area contributed by atoms with Gasteiger partial charge in [-0.05, 0) is 19.1 Å². The fourth-order valence-electron chi connectivity index (χ4n) is 1.63. The highest BCUT2D eigenvalue weighted by Gasteiger charge is 2.29. The van der Waals surface area contributed by atoms with E-state index >= 15 is 0 Å². The van der Waals surface area contributed by atoms with Crippen LogP contribution in [0.25, 0.3) is 0 Å². The maximum absolute atomic E-state index is 11.7. The lowest BCUT2D eigenvalue weighted by molar-refractivity contribution is -0.116. The van der Waals surface area contributed by atoms with Crippen LogP contribution < -0.4 is 5.01 Å². The van der Waals surface area contributed by atoms with Gasteiger partial charge < -0.3 is 0 Å². The largest absolute Gasteiger partial charge is 0.296 e. The van der Waals surface area contributed by atoms with Crippen LogP contribution in [0.5, 0.6) is 0 Å². The van der Waals surface area contributed by atoms with Crippen LogP contribution in [0.3, 0.4) is 0 Å². The van der Waals surface area contributed by atoms with Gasteiger partial charge in [-0.25, -0.2) is 0 Å². The lowest BCUT2D eigenvalue weighted by Crippen LogP contribution is -2.22. The molecule has 9 heteroatoms. The minimum atomic E-state index is -4.56. The highest BCUT2D eigenvalue weighted by Crippen LogP contribution is 2.35. The van der Waals surface area contributed by atoms with E-state index in [1.807, 2.05) is 0 Å². The number of anilines is 1. The van der Waals surface area contributed by atoms with E-state index in [-0.39, 0.29) is 22.2 Å². The van der Waals surface area contributed by atoms with E-state index in [4.69, 9.17) is 23.2 Å². The Labute approximate surface area is 119 Å². The molecule has 1 N–H and O–H groups in total. The maximum Gasteiger partial charge on any atom is 0.296 e. The Bertz CT molecular complexity index is 700. The van der Waals surface area contributed by atoms with Crippen LogP contribution in [0.2, 0.25) is 10.0 Å². The van der Waals surface area contributed by atoms with Gasteiger partial charge in [-0.1, -0.05) is 23.2 Å². The van der Waals surface area contributed by atoms with E-state index in [1.165, 1.54) is 6.07 Å². The molecule has 0 aliphatic carbocycles. The molecule has 0 saturated carbocycles. The summed E-state index contributed by atoms with van der Waals surface area (Å²) in [6.07, 6.45) is 0.0746. The van der Waals surface area contributed by atoms with Gasteiger partial charge in [0.05, 0.1) is 22.2 Å². The quantitative estimate of drug-likeness (QED) is 0.846. The van der Waals surface area contributed by atoms with Crippen molar-refractivity contribution in [3.8, 4) is 0 Å². The lowest BCUT2D eigenvalue weighted by atomic mass is 10.3. The van der Waals surface area contributed by atoms with Gasteiger partial charge in [-0.3, -0.25) is 9.35 Å². The summed E-state index contributed by atoms with van der Waals surface area (Å²) >= 11 is 11.5. The summed E-state index contributed by atoms with van der Waals surface area (Å²) < 4.78 is 31.8. The zero-order valence-corrected chi connectivity index (χ0v) is 11.9. The molecule has 0 aromatic heterocycles. The van der Waals surface area contributed by atoms with E-state index in [9.17, 15) is 17.8 Å². The molecular formula is C10H8Cl2N2O4S. The Morgan fingerprint density at radius 3 is 2.37 bits per heavy atom. The second-order valence-electron chi connectivity index (χ2n) is 3.93. The first-order valence-electron chi connectivity index (χ1n) is 5.03. The van der Waals surface area contributed by atoms with Gasteiger partial charge in [0.1, 0.15) is 4.90 Å². The average Bonchev–Trinajstić information content (AvgIpc) is 2.59. The van der Waals surface area contributed by atoms with Gasteiger partial charge in [0.25, 0.3) is 16.0 Å². The van der Waals surface area contributed by atoms with Gasteiger partial charge in [-0.2, -0.15) is 18.5 Å². The van der Waals surface area contributed by atoms with Gasteiger partial charge >= 0.3 is 0 Å². The second kappa shape index (κ2) is 4.75. The van der Waals surface area contributed by atoms with Crippen molar-refractivity contribution in [2.75, 3.05) is 5.01 Å². The monoisotopic (exact) mass is 322 g/mol. The van der Waals surface area contributed by atoms with Crippen molar-refractivity contribution in [3.63, 3.8) is 0 Å². The minimum absolute atomic E-state index is 0.0506. The van der Waals surface area contributed by atoms with E-state index in [0.717, 1.165) is 11.1 Å². The number of carbonyl (C=O) groups is 1. The first kappa shape index (κ1) is 14.3. The molecule has 2 rings (SSSR count). The summed E-state index contributed by atoms with van der Waals surface area (Å²) in [5, 5.41) is 4.80. The van der Waals surface area contributed by atoms with E-state index < -0.39 is 20.9 Å². The predicted octanol–water partition coefficient (Wildman–Crippen LogP) is 2.35. The van der Waals surface area contributed by atoms with Gasteiger partial charge in [-0.15, -0.1) is 0 Å². The van der Waals surface area contributed by atoms with Gasteiger partial charge in [0.2, 0.25) is 0 Å². The third kappa shape index (κ3) is 2.74. The molecule has 0 radical (unpaired) electrons. The first-order valence-corrected chi connectivity index (χ1v) is 7.23. The fourth-order valence-corrected chi connectivity index (χ4v) is 2.70.